The highest BCUT2D eigenvalue weighted by molar-refractivity contribution is 7.88. The standard InChI is InChI=1S/C15H22N2O2S2/c1-3-13-9-8-11(2)17(13)21(18,19)10-12-6-4-5-7-14(12)15(16)20/h4-7,11,13H,3,8-10H2,1-2H3,(H2,16,20). The summed E-state index contributed by atoms with van der Waals surface area (Å²) in [5, 5.41) is 0. The van der Waals surface area contributed by atoms with Crippen molar-refractivity contribution >= 4 is 27.2 Å². The number of nitrogens with two attached hydrogens (primary N) is 1. The number of sulfonamides is 1. The molecule has 0 aromatic heterocycles. The normalized spacial score (nSPS) is 23.3. The Bertz CT molecular complexity index is 628. The summed E-state index contributed by atoms with van der Waals surface area (Å²) >= 11 is 5.01. The maximum Gasteiger partial charge on any atom is 0.218 e. The Kier molecular flexibility index (Phi) is 5.01. The zero-order chi connectivity index (χ0) is 15.6. The first-order valence-corrected chi connectivity index (χ1v) is 9.27. The molecule has 2 rings (SSSR count). The molecule has 2 unspecified atom stereocenters. The fourth-order valence-corrected chi connectivity index (χ4v) is 5.45. The zero-order valence-corrected chi connectivity index (χ0v) is 14.1. The Labute approximate surface area is 132 Å². The Balaban J connectivity index is 2.32. The van der Waals surface area contributed by atoms with Crippen molar-refractivity contribution < 1.29 is 8.42 Å². The Morgan fingerprint density at radius 2 is 2.05 bits per heavy atom. The van der Waals surface area contributed by atoms with E-state index in [2.05, 4.69) is 0 Å². The van der Waals surface area contributed by atoms with E-state index >= 15 is 0 Å². The topological polar surface area (TPSA) is 63.4 Å². The van der Waals surface area contributed by atoms with Crippen LogP contribution < -0.4 is 5.73 Å². The van der Waals surface area contributed by atoms with Gasteiger partial charge in [0.1, 0.15) is 4.99 Å². The second kappa shape index (κ2) is 6.42. The van der Waals surface area contributed by atoms with E-state index in [-0.39, 0.29) is 22.8 Å². The molecule has 0 radical (unpaired) electrons. The van der Waals surface area contributed by atoms with Crippen LogP contribution >= 0.6 is 12.2 Å². The lowest BCUT2D eigenvalue weighted by Gasteiger charge is -2.27. The van der Waals surface area contributed by atoms with Crippen LogP contribution in [-0.2, 0) is 15.8 Å². The second-order valence-electron chi connectivity index (χ2n) is 5.60. The first kappa shape index (κ1) is 16.4. The van der Waals surface area contributed by atoms with Crippen LogP contribution in [0.3, 0.4) is 0 Å². The molecule has 4 nitrogen and oxygen atoms in total. The molecular formula is C15H22N2O2S2. The van der Waals surface area contributed by atoms with Crippen molar-refractivity contribution in [2.24, 2.45) is 5.73 Å². The minimum Gasteiger partial charge on any atom is -0.389 e. The van der Waals surface area contributed by atoms with Crippen LogP contribution in [0.15, 0.2) is 24.3 Å². The largest absolute Gasteiger partial charge is 0.389 e. The summed E-state index contributed by atoms with van der Waals surface area (Å²) in [5.41, 5.74) is 7.02. The summed E-state index contributed by atoms with van der Waals surface area (Å²) in [4.78, 5) is 0.238. The zero-order valence-electron chi connectivity index (χ0n) is 12.5. The van der Waals surface area contributed by atoms with E-state index in [0.29, 0.717) is 11.1 Å². The van der Waals surface area contributed by atoms with Gasteiger partial charge in [-0.25, -0.2) is 8.42 Å². The third kappa shape index (κ3) is 3.44. The number of hydrogen-bond acceptors (Lipinski definition) is 3. The third-order valence-corrected chi connectivity index (χ3v) is 6.32. The molecule has 1 aromatic rings. The number of thiocarbonyl (C=S) groups is 1. The van der Waals surface area contributed by atoms with Gasteiger partial charge in [0.25, 0.3) is 0 Å². The van der Waals surface area contributed by atoms with Crippen molar-refractivity contribution in [1.82, 2.24) is 4.31 Å². The maximum atomic E-state index is 12.8. The van der Waals surface area contributed by atoms with Crippen LogP contribution in [0.1, 0.15) is 44.2 Å². The van der Waals surface area contributed by atoms with Gasteiger partial charge in [0.2, 0.25) is 10.0 Å². The van der Waals surface area contributed by atoms with Gasteiger partial charge >= 0.3 is 0 Å². The number of benzene rings is 1. The van der Waals surface area contributed by atoms with E-state index in [1.807, 2.05) is 26.0 Å². The molecule has 21 heavy (non-hydrogen) atoms. The fourth-order valence-electron chi connectivity index (χ4n) is 3.09. The molecule has 2 N–H and O–H groups in total. The molecule has 0 bridgehead atoms. The van der Waals surface area contributed by atoms with E-state index in [4.69, 9.17) is 18.0 Å². The van der Waals surface area contributed by atoms with Gasteiger partial charge in [-0.05, 0) is 31.7 Å². The lowest BCUT2D eigenvalue weighted by Crippen LogP contribution is -2.40. The van der Waals surface area contributed by atoms with E-state index in [1.54, 1.807) is 16.4 Å². The molecule has 0 amide bonds. The monoisotopic (exact) mass is 326 g/mol. The van der Waals surface area contributed by atoms with Gasteiger partial charge in [-0.15, -0.1) is 0 Å². The average Bonchev–Trinajstić information content (AvgIpc) is 2.80. The summed E-state index contributed by atoms with van der Waals surface area (Å²) in [6, 6.07) is 7.37. The third-order valence-electron chi connectivity index (χ3n) is 4.13. The molecule has 1 aliphatic rings. The molecule has 1 heterocycles. The summed E-state index contributed by atoms with van der Waals surface area (Å²) in [6.45, 7) is 4.01. The summed E-state index contributed by atoms with van der Waals surface area (Å²) in [6.07, 6.45) is 2.71. The summed E-state index contributed by atoms with van der Waals surface area (Å²) in [5.74, 6) is -0.0403. The van der Waals surface area contributed by atoms with E-state index < -0.39 is 10.0 Å². The highest BCUT2D eigenvalue weighted by atomic mass is 32.2. The minimum atomic E-state index is -3.36. The van der Waals surface area contributed by atoms with Gasteiger partial charge in [0, 0.05) is 17.6 Å². The second-order valence-corrected chi connectivity index (χ2v) is 7.91. The Hall–Kier alpha value is -0.980. The van der Waals surface area contributed by atoms with Gasteiger partial charge in [0.05, 0.1) is 5.75 Å². The lowest BCUT2D eigenvalue weighted by molar-refractivity contribution is 0.328. The van der Waals surface area contributed by atoms with Crippen LogP contribution in [0.25, 0.3) is 0 Å². The van der Waals surface area contributed by atoms with Crippen LogP contribution in [0.4, 0.5) is 0 Å². The number of rotatable bonds is 5. The molecule has 1 aromatic carbocycles. The molecule has 2 atom stereocenters. The molecule has 0 spiro atoms. The molecule has 0 aliphatic carbocycles. The van der Waals surface area contributed by atoms with Gasteiger partial charge in [-0.3, -0.25) is 0 Å². The molecular weight excluding hydrogens is 304 g/mol. The van der Waals surface area contributed by atoms with Gasteiger partial charge in [-0.1, -0.05) is 43.4 Å². The minimum absolute atomic E-state index is 0.0403. The van der Waals surface area contributed by atoms with Crippen molar-refractivity contribution in [2.75, 3.05) is 0 Å². The van der Waals surface area contributed by atoms with Crippen LogP contribution in [0.2, 0.25) is 0 Å². The van der Waals surface area contributed by atoms with Gasteiger partial charge in [0.15, 0.2) is 0 Å². The maximum absolute atomic E-state index is 12.8. The Morgan fingerprint density at radius 1 is 1.38 bits per heavy atom. The van der Waals surface area contributed by atoms with Crippen molar-refractivity contribution in [2.45, 2.75) is 50.9 Å². The summed E-state index contributed by atoms with van der Waals surface area (Å²) < 4.78 is 27.3. The Morgan fingerprint density at radius 3 is 2.67 bits per heavy atom. The van der Waals surface area contributed by atoms with Crippen LogP contribution in [0.5, 0.6) is 0 Å². The van der Waals surface area contributed by atoms with E-state index in [9.17, 15) is 8.42 Å². The van der Waals surface area contributed by atoms with E-state index in [1.165, 1.54) is 0 Å². The average molecular weight is 326 g/mol. The molecule has 116 valence electrons. The first-order chi connectivity index (χ1) is 9.86. The predicted octanol–water partition coefficient (Wildman–Crippen LogP) is 2.41. The van der Waals surface area contributed by atoms with Crippen LogP contribution in [-0.4, -0.2) is 29.8 Å². The smallest absolute Gasteiger partial charge is 0.218 e. The molecule has 1 saturated heterocycles. The molecule has 6 heteroatoms. The van der Waals surface area contributed by atoms with Crippen LogP contribution in [0, 0.1) is 0 Å². The summed E-state index contributed by atoms with van der Waals surface area (Å²) in [7, 11) is -3.36. The SMILES string of the molecule is CCC1CCC(C)N1S(=O)(=O)Cc1ccccc1C(N)=S. The highest BCUT2D eigenvalue weighted by Crippen LogP contribution is 2.31. The van der Waals surface area contributed by atoms with Crippen molar-refractivity contribution in [3.05, 3.63) is 35.4 Å². The van der Waals surface area contributed by atoms with Gasteiger partial charge in [-0.2, -0.15) is 4.31 Å². The predicted molar refractivity (Wildman–Crippen MR) is 89.6 cm³/mol. The lowest BCUT2D eigenvalue weighted by atomic mass is 10.1. The molecule has 1 fully saturated rings. The van der Waals surface area contributed by atoms with Gasteiger partial charge < -0.3 is 5.73 Å². The van der Waals surface area contributed by atoms with Crippen molar-refractivity contribution in [1.29, 1.82) is 0 Å². The number of nitrogens with zero attached hydrogens (tertiary/aromatic N) is 1. The fraction of sp³-hybridized carbons (Fsp3) is 0.533. The first-order valence-electron chi connectivity index (χ1n) is 7.25. The molecule has 1 aliphatic heterocycles. The molecule has 0 saturated carbocycles. The quantitative estimate of drug-likeness (QED) is 0.844. The van der Waals surface area contributed by atoms with Crippen molar-refractivity contribution in [3.8, 4) is 0 Å². The van der Waals surface area contributed by atoms with Crippen molar-refractivity contribution in [3.63, 3.8) is 0 Å². The number of hydrogen-bond donors (Lipinski definition) is 1. The highest BCUT2D eigenvalue weighted by Gasteiger charge is 2.38. The van der Waals surface area contributed by atoms with E-state index in [0.717, 1.165) is 19.3 Å².